The Morgan fingerprint density at radius 3 is 2.14 bits per heavy atom. The van der Waals surface area contributed by atoms with E-state index in [4.69, 9.17) is 4.74 Å². The fraction of sp³-hybridized carbons (Fsp3) is 0.867. The van der Waals surface area contributed by atoms with E-state index in [2.05, 4.69) is 4.90 Å². The number of carbonyl (C=O) groups excluding carboxylic acids is 2. The summed E-state index contributed by atoms with van der Waals surface area (Å²) in [5.74, 6) is 0.149. The molecule has 6 heteroatoms. The molecular formula is C15H27N3O3. The fourth-order valence-electron chi connectivity index (χ4n) is 2.93. The number of hydrogen-bond acceptors (Lipinski definition) is 4. The smallest absolute Gasteiger partial charge is 0.410 e. The number of hydrogen-bond donors (Lipinski definition) is 0. The van der Waals surface area contributed by atoms with Crippen molar-refractivity contribution in [2.24, 2.45) is 0 Å². The lowest BCUT2D eigenvalue weighted by molar-refractivity contribution is -0.130. The van der Waals surface area contributed by atoms with E-state index in [1.165, 1.54) is 0 Å². The van der Waals surface area contributed by atoms with Crippen LogP contribution in [-0.4, -0.2) is 77.6 Å². The second-order valence-electron chi connectivity index (χ2n) is 6.91. The molecule has 0 unspecified atom stereocenters. The van der Waals surface area contributed by atoms with Gasteiger partial charge in [-0.2, -0.15) is 0 Å². The molecule has 1 atom stereocenters. The molecule has 0 aromatic carbocycles. The van der Waals surface area contributed by atoms with Crippen LogP contribution in [0.5, 0.6) is 0 Å². The number of likely N-dealkylation sites (tertiary alicyclic amines) is 1. The predicted molar refractivity (Wildman–Crippen MR) is 80.0 cm³/mol. The van der Waals surface area contributed by atoms with Crippen molar-refractivity contribution in [3.8, 4) is 0 Å². The average molecular weight is 297 g/mol. The van der Waals surface area contributed by atoms with Crippen molar-refractivity contribution in [3.63, 3.8) is 0 Å². The highest BCUT2D eigenvalue weighted by Crippen LogP contribution is 2.20. The van der Waals surface area contributed by atoms with E-state index < -0.39 is 5.60 Å². The monoisotopic (exact) mass is 297 g/mol. The summed E-state index contributed by atoms with van der Waals surface area (Å²) in [6.07, 6.45) is 0.770. The number of amides is 2. The van der Waals surface area contributed by atoms with Crippen LogP contribution in [-0.2, 0) is 9.53 Å². The van der Waals surface area contributed by atoms with E-state index in [0.717, 1.165) is 45.7 Å². The average Bonchev–Trinajstić information content (AvgIpc) is 2.86. The van der Waals surface area contributed by atoms with Crippen molar-refractivity contribution in [2.45, 2.75) is 45.8 Å². The van der Waals surface area contributed by atoms with E-state index >= 15 is 0 Å². The van der Waals surface area contributed by atoms with Gasteiger partial charge in [-0.05, 0) is 27.2 Å². The van der Waals surface area contributed by atoms with E-state index in [9.17, 15) is 9.59 Å². The van der Waals surface area contributed by atoms with Crippen LogP contribution in [0.2, 0.25) is 0 Å². The minimum absolute atomic E-state index is 0.149. The summed E-state index contributed by atoms with van der Waals surface area (Å²) >= 11 is 0. The number of rotatable bonds is 1. The molecule has 2 aliphatic heterocycles. The van der Waals surface area contributed by atoms with Gasteiger partial charge in [0, 0.05) is 52.2 Å². The van der Waals surface area contributed by atoms with Gasteiger partial charge in [0.1, 0.15) is 5.60 Å². The van der Waals surface area contributed by atoms with Crippen molar-refractivity contribution in [1.82, 2.24) is 14.7 Å². The lowest BCUT2D eigenvalue weighted by atomic mass is 10.2. The summed E-state index contributed by atoms with van der Waals surface area (Å²) in [7, 11) is 0. The molecule has 120 valence electrons. The summed E-state index contributed by atoms with van der Waals surface area (Å²) in [6, 6.07) is 0.395. The third-order valence-corrected chi connectivity index (χ3v) is 4.09. The molecule has 0 aromatic rings. The van der Waals surface area contributed by atoms with Gasteiger partial charge in [0.15, 0.2) is 0 Å². The van der Waals surface area contributed by atoms with E-state index in [-0.39, 0.29) is 12.0 Å². The van der Waals surface area contributed by atoms with Crippen LogP contribution in [0.3, 0.4) is 0 Å². The maximum absolute atomic E-state index is 12.1. The SMILES string of the molecule is CC(=O)N1CCN([C@@H]2CCN(C(=O)OC(C)(C)C)C2)CC1. The molecule has 2 heterocycles. The highest BCUT2D eigenvalue weighted by molar-refractivity contribution is 5.73. The number of ether oxygens (including phenoxy) is 1. The molecule has 2 aliphatic rings. The maximum Gasteiger partial charge on any atom is 0.410 e. The number of piperazine rings is 1. The quantitative estimate of drug-likeness (QED) is 0.729. The lowest BCUT2D eigenvalue weighted by Gasteiger charge is -2.37. The van der Waals surface area contributed by atoms with Crippen LogP contribution in [0.1, 0.15) is 34.1 Å². The highest BCUT2D eigenvalue weighted by atomic mass is 16.6. The Kier molecular flexibility index (Phi) is 4.76. The second-order valence-corrected chi connectivity index (χ2v) is 6.91. The summed E-state index contributed by atoms with van der Waals surface area (Å²) in [6.45, 7) is 12.1. The molecular weight excluding hydrogens is 270 g/mol. The zero-order valence-electron chi connectivity index (χ0n) is 13.6. The van der Waals surface area contributed by atoms with Crippen LogP contribution >= 0.6 is 0 Å². The molecule has 0 aliphatic carbocycles. The molecule has 0 radical (unpaired) electrons. The number of nitrogens with zero attached hydrogens (tertiary/aromatic N) is 3. The molecule has 0 N–H and O–H groups in total. The van der Waals surface area contributed by atoms with E-state index in [1.807, 2.05) is 25.7 Å². The van der Waals surface area contributed by atoms with Crippen molar-refractivity contribution in [3.05, 3.63) is 0 Å². The summed E-state index contributed by atoms with van der Waals surface area (Å²) < 4.78 is 5.42. The maximum atomic E-state index is 12.1. The first-order chi connectivity index (χ1) is 9.76. The largest absolute Gasteiger partial charge is 0.444 e. The van der Waals surface area contributed by atoms with Crippen molar-refractivity contribution >= 4 is 12.0 Å². The minimum Gasteiger partial charge on any atom is -0.444 e. The van der Waals surface area contributed by atoms with E-state index in [1.54, 1.807) is 11.8 Å². The Morgan fingerprint density at radius 2 is 1.62 bits per heavy atom. The zero-order chi connectivity index (χ0) is 15.6. The van der Waals surface area contributed by atoms with Gasteiger partial charge in [-0.25, -0.2) is 4.79 Å². The van der Waals surface area contributed by atoms with Gasteiger partial charge in [-0.15, -0.1) is 0 Å². The van der Waals surface area contributed by atoms with Gasteiger partial charge in [-0.3, -0.25) is 9.69 Å². The van der Waals surface area contributed by atoms with Crippen molar-refractivity contribution in [1.29, 1.82) is 0 Å². The summed E-state index contributed by atoms with van der Waals surface area (Å²) in [4.78, 5) is 29.5. The van der Waals surface area contributed by atoms with Gasteiger partial charge < -0.3 is 14.5 Å². The third-order valence-electron chi connectivity index (χ3n) is 4.09. The van der Waals surface area contributed by atoms with Crippen molar-refractivity contribution < 1.29 is 14.3 Å². The Bertz CT molecular complexity index is 397. The Hall–Kier alpha value is -1.30. The second kappa shape index (κ2) is 6.22. The molecule has 0 saturated carbocycles. The highest BCUT2D eigenvalue weighted by Gasteiger charge is 2.34. The molecule has 2 amide bonds. The molecule has 0 bridgehead atoms. The molecule has 2 rings (SSSR count). The first-order valence-electron chi connectivity index (χ1n) is 7.74. The van der Waals surface area contributed by atoms with Crippen LogP contribution in [0.4, 0.5) is 4.79 Å². The molecule has 21 heavy (non-hydrogen) atoms. The Morgan fingerprint density at radius 1 is 1.00 bits per heavy atom. The molecule has 0 aromatic heterocycles. The molecule has 2 saturated heterocycles. The predicted octanol–water partition coefficient (Wildman–Crippen LogP) is 1.16. The first-order valence-corrected chi connectivity index (χ1v) is 7.74. The van der Waals surface area contributed by atoms with Gasteiger partial charge in [-0.1, -0.05) is 0 Å². The molecule has 2 fully saturated rings. The normalized spacial score (nSPS) is 24.3. The van der Waals surface area contributed by atoms with Gasteiger partial charge in [0.05, 0.1) is 0 Å². The summed E-state index contributed by atoms with van der Waals surface area (Å²) in [5, 5.41) is 0. The minimum atomic E-state index is -0.442. The van der Waals surface area contributed by atoms with Crippen LogP contribution in [0, 0.1) is 0 Å². The molecule has 0 spiro atoms. The third kappa shape index (κ3) is 4.33. The van der Waals surface area contributed by atoms with Gasteiger partial charge in [0.2, 0.25) is 5.91 Å². The van der Waals surface area contributed by atoms with E-state index in [0.29, 0.717) is 6.04 Å². The van der Waals surface area contributed by atoms with Gasteiger partial charge in [0.25, 0.3) is 0 Å². The first kappa shape index (κ1) is 16.1. The van der Waals surface area contributed by atoms with Crippen molar-refractivity contribution in [2.75, 3.05) is 39.3 Å². The fourth-order valence-corrected chi connectivity index (χ4v) is 2.93. The zero-order valence-corrected chi connectivity index (χ0v) is 13.6. The van der Waals surface area contributed by atoms with Crippen LogP contribution in [0.25, 0.3) is 0 Å². The number of carbonyl (C=O) groups is 2. The lowest BCUT2D eigenvalue weighted by Crippen LogP contribution is -2.52. The van der Waals surface area contributed by atoms with Crippen LogP contribution in [0.15, 0.2) is 0 Å². The standard InChI is InChI=1S/C15H27N3O3/c1-12(19)16-7-9-17(10-8-16)13-5-6-18(11-13)14(20)21-15(2,3)4/h13H,5-11H2,1-4H3/t13-/m1/s1. The Labute approximate surface area is 127 Å². The Balaban J connectivity index is 1.80. The van der Waals surface area contributed by atoms with Gasteiger partial charge >= 0.3 is 6.09 Å². The molecule has 6 nitrogen and oxygen atoms in total. The van der Waals surface area contributed by atoms with Crippen LogP contribution < -0.4 is 0 Å². The topological polar surface area (TPSA) is 53.1 Å². The summed E-state index contributed by atoms with van der Waals surface area (Å²) in [5.41, 5.74) is -0.442.